The first-order valence-electron chi connectivity index (χ1n) is 12.3. The lowest BCUT2D eigenvalue weighted by Gasteiger charge is -2.17. The van der Waals surface area contributed by atoms with Crippen LogP contribution in [0.1, 0.15) is 36.8 Å². The predicted molar refractivity (Wildman–Crippen MR) is 140 cm³/mol. The molecule has 0 amide bonds. The Labute approximate surface area is 225 Å². The normalized spacial score (nSPS) is 12.3. The van der Waals surface area contributed by atoms with Gasteiger partial charge in [0.2, 0.25) is 12.5 Å². The predicted octanol–water partition coefficient (Wildman–Crippen LogP) is 4.13. The van der Waals surface area contributed by atoms with E-state index in [0.29, 0.717) is 52.2 Å². The molecule has 0 atom stereocenters. The lowest BCUT2D eigenvalue weighted by molar-refractivity contribution is -0.139. The Morgan fingerprint density at radius 1 is 1.10 bits per heavy atom. The van der Waals surface area contributed by atoms with Gasteiger partial charge in [0.25, 0.3) is 0 Å². The van der Waals surface area contributed by atoms with Crippen LogP contribution in [0.2, 0.25) is 0 Å². The molecule has 2 heterocycles. The molecule has 0 aliphatic carbocycles. The largest absolute Gasteiger partial charge is 0.497 e. The molecule has 39 heavy (non-hydrogen) atoms. The average molecular weight is 539 g/mol. The molecule has 1 aliphatic heterocycles. The number of imidazole rings is 1. The molecule has 0 saturated carbocycles. The van der Waals surface area contributed by atoms with Gasteiger partial charge in [0.05, 0.1) is 31.8 Å². The van der Waals surface area contributed by atoms with Crippen molar-refractivity contribution in [3.8, 4) is 34.4 Å². The fourth-order valence-corrected chi connectivity index (χ4v) is 4.23. The van der Waals surface area contributed by atoms with E-state index in [1.807, 2.05) is 0 Å². The van der Waals surface area contributed by atoms with Crippen molar-refractivity contribution in [3.05, 3.63) is 59.2 Å². The Balaban J connectivity index is 1.80. The lowest BCUT2D eigenvalue weighted by Crippen LogP contribution is -2.13. The van der Waals surface area contributed by atoms with Crippen LogP contribution in [0.15, 0.2) is 42.1 Å². The van der Waals surface area contributed by atoms with Gasteiger partial charge in [0, 0.05) is 24.5 Å². The first-order valence-corrected chi connectivity index (χ1v) is 12.3. The minimum absolute atomic E-state index is 0.0602. The van der Waals surface area contributed by atoms with Gasteiger partial charge in [-0.25, -0.2) is 14.6 Å². The Morgan fingerprint density at radius 2 is 1.92 bits per heavy atom. The number of carboxylic acid groups (broad SMARTS) is 2. The SMILES string of the molecule is CCCCc1ncc(/C=C(\Cc2cc(OC)c3c(c2)OCO3)C(=O)O)n1-c1ccc(OC)cc1OCC(=O)O. The molecule has 11 heteroatoms. The Kier molecular flexibility index (Phi) is 8.60. The van der Waals surface area contributed by atoms with Crippen LogP contribution in [0, 0.1) is 0 Å². The van der Waals surface area contributed by atoms with E-state index in [-0.39, 0.29) is 24.5 Å². The summed E-state index contributed by atoms with van der Waals surface area (Å²) >= 11 is 0. The van der Waals surface area contributed by atoms with Crippen molar-refractivity contribution in [3.63, 3.8) is 0 Å². The highest BCUT2D eigenvalue weighted by Gasteiger charge is 2.22. The van der Waals surface area contributed by atoms with Gasteiger partial charge in [-0.2, -0.15) is 0 Å². The number of aliphatic carboxylic acids is 2. The van der Waals surface area contributed by atoms with Gasteiger partial charge in [-0.3, -0.25) is 4.57 Å². The average Bonchev–Trinajstić information content (AvgIpc) is 3.56. The second kappa shape index (κ2) is 12.2. The summed E-state index contributed by atoms with van der Waals surface area (Å²) in [5.41, 5.74) is 1.77. The van der Waals surface area contributed by atoms with Crippen LogP contribution in [0.25, 0.3) is 11.8 Å². The molecule has 206 valence electrons. The number of ether oxygens (including phenoxy) is 5. The molecule has 0 unspecified atom stereocenters. The van der Waals surface area contributed by atoms with Gasteiger partial charge in [-0.1, -0.05) is 13.3 Å². The number of carboxylic acids is 2. The van der Waals surface area contributed by atoms with E-state index in [1.54, 1.807) is 47.2 Å². The number of methoxy groups -OCH3 is 2. The number of rotatable bonds is 13. The van der Waals surface area contributed by atoms with E-state index in [9.17, 15) is 19.8 Å². The van der Waals surface area contributed by atoms with Crippen molar-refractivity contribution in [1.82, 2.24) is 9.55 Å². The first kappa shape index (κ1) is 27.4. The third-order valence-electron chi connectivity index (χ3n) is 6.08. The Morgan fingerprint density at radius 3 is 2.62 bits per heavy atom. The van der Waals surface area contributed by atoms with Crippen LogP contribution < -0.4 is 23.7 Å². The van der Waals surface area contributed by atoms with Crippen LogP contribution in [-0.4, -0.2) is 59.3 Å². The quantitative estimate of drug-likeness (QED) is 0.305. The van der Waals surface area contributed by atoms with E-state index < -0.39 is 18.5 Å². The van der Waals surface area contributed by atoms with E-state index in [4.69, 9.17) is 23.7 Å². The summed E-state index contributed by atoms with van der Waals surface area (Å²) < 4.78 is 29.0. The molecule has 11 nitrogen and oxygen atoms in total. The van der Waals surface area contributed by atoms with Crippen LogP contribution in [-0.2, 0) is 22.4 Å². The van der Waals surface area contributed by atoms with E-state index in [0.717, 1.165) is 12.8 Å². The van der Waals surface area contributed by atoms with Crippen molar-refractivity contribution in [2.75, 3.05) is 27.6 Å². The summed E-state index contributed by atoms with van der Waals surface area (Å²) in [7, 11) is 3.00. The molecular weight excluding hydrogens is 508 g/mol. The number of hydrogen-bond donors (Lipinski definition) is 2. The van der Waals surface area contributed by atoms with Crippen LogP contribution in [0.5, 0.6) is 28.7 Å². The number of carbonyl (C=O) groups is 2. The topological polar surface area (TPSA) is 139 Å². The van der Waals surface area contributed by atoms with E-state index in [1.165, 1.54) is 14.2 Å². The number of nitrogens with zero attached hydrogens (tertiary/aromatic N) is 2. The molecule has 3 aromatic rings. The van der Waals surface area contributed by atoms with Gasteiger partial charge in [-0.05, 0) is 42.3 Å². The van der Waals surface area contributed by atoms with Crippen molar-refractivity contribution in [2.24, 2.45) is 0 Å². The number of benzene rings is 2. The highest BCUT2D eigenvalue weighted by molar-refractivity contribution is 5.92. The summed E-state index contributed by atoms with van der Waals surface area (Å²) in [5.74, 6) is 0.611. The summed E-state index contributed by atoms with van der Waals surface area (Å²) in [6.07, 6.45) is 5.62. The maximum absolute atomic E-state index is 12.4. The Bertz CT molecular complexity index is 1390. The number of hydrogen-bond acceptors (Lipinski definition) is 8. The first-order chi connectivity index (χ1) is 18.8. The molecule has 0 radical (unpaired) electrons. The number of aryl methyl sites for hydroxylation is 1. The minimum atomic E-state index is -1.13. The van der Waals surface area contributed by atoms with Gasteiger partial charge >= 0.3 is 11.9 Å². The van der Waals surface area contributed by atoms with Gasteiger partial charge in [0.15, 0.2) is 18.1 Å². The van der Waals surface area contributed by atoms with Crippen molar-refractivity contribution < 1.29 is 43.5 Å². The molecule has 0 bridgehead atoms. The fourth-order valence-electron chi connectivity index (χ4n) is 4.23. The Hall–Kier alpha value is -4.67. The molecule has 0 spiro atoms. The molecule has 4 rings (SSSR count). The number of fused-ring (bicyclic) bond motifs is 1. The summed E-state index contributed by atoms with van der Waals surface area (Å²) in [6, 6.07) is 8.49. The molecule has 1 aromatic heterocycles. The second-order valence-electron chi connectivity index (χ2n) is 8.74. The summed E-state index contributed by atoms with van der Waals surface area (Å²) in [5, 5.41) is 19.3. The molecule has 0 fully saturated rings. The van der Waals surface area contributed by atoms with Crippen LogP contribution in [0.4, 0.5) is 0 Å². The maximum Gasteiger partial charge on any atom is 0.341 e. The van der Waals surface area contributed by atoms with E-state index >= 15 is 0 Å². The molecule has 0 saturated heterocycles. The zero-order valence-corrected chi connectivity index (χ0v) is 21.9. The van der Waals surface area contributed by atoms with Crippen LogP contribution >= 0.6 is 0 Å². The summed E-state index contributed by atoms with van der Waals surface area (Å²) in [6.45, 7) is 1.56. The van der Waals surface area contributed by atoms with Gasteiger partial charge in [-0.15, -0.1) is 0 Å². The van der Waals surface area contributed by atoms with Crippen molar-refractivity contribution in [2.45, 2.75) is 32.6 Å². The van der Waals surface area contributed by atoms with Gasteiger partial charge in [0.1, 0.15) is 17.3 Å². The molecule has 2 aromatic carbocycles. The number of aromatic nitrogens is 2. The fraction of sp³-hybridized carbons (Fsp3) is 0.321. The van der Waals surface area contributed by atoms with Crippen LogP contribution in [0.3, 0.4) is 0 Å². The highest BCUT2D eigenvalue weighted by atomic mass is 16.7. The molecule has 1 aliphatic rings. The zero-order chi connectivity index (χ0) is 27.9. The lowest BCUT2D eigenvalue weighted by atomic mass is 10.0. The summed E-state index contributed by atoms with van der Waals surface area (Å²) in [4.78, 5) is 28.2. The standard InChI is InChI=1S/C28H30N2O9/c1-4-5-6-25-29-14-19(30(25)21-8-7-20(35-2)13-22(21)37-15-26(31)32)12-18(28(33)34)9-17-10-23(36-3)27-24(11-17)38-16-39-27/h7-8,10-14H,4-6,9,15-16H2,1-3H3,(H,31,32)(H,33,34)/b18-12+. The molecule has 2 N–H and O–H groups in total. The third-order valence-corrected chi connectivity index (χ3v) is 6.08. The second-order valence-corrected chi connectivity index (χ2v) is 8.74. The zero-order valence-electron chi connectivity index (χ0n) is 21.9. The highest BCUT2D eigenvalue weighted by Crippen LogP contribution is 2.42. The van der Waals surface area contributed by atoms with E-state index in [2.05, 4.69) is 11.9 Å². The van der Waals surface area contributed by atoms with Crippen molar-refractivity contribution in [1.29, 1.82) is 0 Å². The maximum atomic E-state index is 12.4. The third kappa shape index (κ3) is 6.25. The minimum Gasteiger partial charge on any atom is -0.497 e. The van der Waals surface area contributed by atoms with Gasteiger partial charge < -0.3 is 33.9 Å². The molecular formula is C28H30N2O9. The monoisotopic (exact) mass is 538 g/mol. The smallest absolute Gasteiger partial charge is 0.341 e. The number of unbranched alkanes of at least 4 members (excludes halogenated alkanes) is 1. The van der Waals surface area contributed by atoms with Crippen molar-refractivity contribution >= 4 is 18.0 Å².